The SMILES string of the molecule is C=C1Nc2cc(Cl)ccc2C1(C)C(C)C. The van der Waals surface area contributed by atoms with Crippen LogP contribution in [-0.4, -0.2) is 0 Å². The van der Waals surface area contributed by atoms with Gasteiger partial charge in [0.05, 0.1) is 0 Å². The minimum Gasteiger partial charge on any atom is -0.358 e. The van der Waals surface area contributed by atoms with E-state index >= 15 is 0 Å². The van der Waals surface area contributed by atoms with Crippen LogP contribution < -0.4 is 5.32 Å². The molecule has 1 N–H and O–H groups in total. The second kappa shape index (κ2) is 3.28. The number of hydrogen-bond donors (Lipinski definition) is 1. The number of halogens is 1. The molecule has 2 rings (SSSR count). The quantitative estimate of drug-likeness (QED) is 0.750. The lowest BCUT2D eigenvalue weighted by Gasteiger charge is -2.30. The van der Waals surface area contributed by atoms with Crippen LogP contribution in [0.4, 0.5) is 5.69 Å². The fraction of sp³-hybridized carbons (Fsp3) is 0.385. The van der Waals surface area contributed by atoms with E-state index in [9.17, 15) is 0 Å². The second-order valence-electron chi connectivity index (χ2n) is 4.65. The maximum absolute atomic E-state index is 5.97. The highest BCUT2D eigenvalue weighted by Gasteiger charge is 2.40. The zero-order chi connectivity index (χ0) is 11.2. The third kappa shape index (κ3) is 1.37. The van der Waals surface area contributed by atoms with Crippen molar-refractivity contribution in [2.75, 3.05) is 5.32 Å². The van der Waals surface area contributed by atoms with E-state index < -0.39 is 0 Å². The van der Waals surface area contributed by atoms with E-state index in [4.69, 9.17) is 11.6 Å². The first-order valence-electron chi connectivity index (χ1n) is 5.22. The minimum absolute atomic E-state index is 0.0138. The standard InChI is InChI=1S/C13H16ClN/c1-8(2)13(4)9(3)15-12-7-10(14)5-6-11(12)13/h5-8,15H,3H2,1-2,4H3. The largest absolute Gasteiger partial charge is 0.358 e. The summed E-state index contributed by atoms with van der Waals surface area (Å²) in [4.78, 5) is 0. The van der Waals surface area contributed by atoms with Gasteiger partial charge in [-0.25, -0.2) is 0 Å². The number of allylic oxidation sites excluding steroid dienone is 1. The van der Waals surface area contributed by atoms with Crippen LogP contribution in [-0.2, 0) is 5.41 Å². The fourth-order valence-electron chi connectivity index (χ4n) is 2.19. The highest BCUT2D eigenvalue weighted by Crippen LogP contribution is 2.47. The monoisotopic (exact) mass is 221 g/mol. The van der Waals surface area contributed by atoms with E-state index in [0.29, 0.717) is 5.92 Å². The number of nitrogens with one attached hydrogen (secondary N) is 1. The molecule has 1 atom stereocenters. The van der Waals surface area contributed by atoms with Gasteiger partial charge in [-0.2, -0.15) is 0 Å². The Morgan fingerprint density at radius 1 is 1.40 bits per heavy atom. The van der Waals surface area contributed by atoms with Crippen LogP contribution in [0, 0.1) is 5.92 Å². The molecule has 0 saturated carbocycles. The molecule has 1 nitrogen and oxygen atoms in total. The van der Waals surface area contributed by atoms with E-state index in [1.165, 1.54) is 5.56 Å². The zero-order valence-electron chi connectivity index (χ0n) is 9.39. The van der Waals surface area contributed by atoms with Gasteiger partial charge in [-0.05, 0) is 30.5 Å². The Balaban J connectivity index is 2.60. The smallest absolute Gasteiger partial charge is 0.0439 e. The van der Waals surface area contributed by atoms with Crippen LogP contribution >= 0.6 is 11.6 Å². The van der Waals surface area contributed by atoms with Crippen molar-refractivity contribution in [3.63, 3.8) is 0 Å². The molecule has 0 radical (unpaired) electrons. The maximum atomic E-state index is 5.97. The Kier molecular flexibility index (Phi) is 2.31. The van der Waals surface area contributed by atoms with Gasteiger partial charge < -0.3 is 5.32 Å². The molecule has 1 unspecified atom stereocenters. The molecule has 0 saturated heterocycles. The molecule has 1 aliphatic heterocycles. The molecule has 0 amide bonds. The van der Waals surface area contributed by atoms with Gasteiger partial charge in [0.15, 0.2) is 0 Å². The first kappa shape index (κ1) is 10.6. The van der Waals surface area contributed by atoms with Crippen LogP contribution in [0.15, 0.2) is 30.5 Å². The topological polar surface area (TPSA) is 12.0 Å². The predicted molar refractivity (Wildman–Crippen MR) is 66.4 cm³/mol. The maximum Gasteiger partial charge on any atom is 0.0439 e. The average Bonchev–Trinajstić information content (AvgIpc) is 2.39. The van der Waals surface area contributed by atoms with Crippen LogP contribution in [0.3, 0.4) is 0 Å². The van der Waals surface area contributed by atoms with Gasteiger partial charge in [0.1, 0.15) is 0 Å². The van der Waals surface area contributed by atoms with Crippen LogP contribution in [0.25, 0.3) is 0 Å². The van der Waals surface area contributed by atoms with Crippen molar-refractivity contribution in [2.24, 2.45) is 5.92 Å². The molecule has 1 aromatic rings. The molecule has 0 fully saturated rings. The molecular formula is C13H16ClN. The number of rotatable bonds is 1. The van der Waals surface area contributed by atoms with Crippen molar-refractivity contribution in [1.29, 1.82) is 0 Å². The molecule has 1 aliphatic rings. The summed E-state index contributed by atoms with van der Waals surface area (Å²) in [7, 11) is 0. The third-order valence-electron chi connectivity index (χ3n) is 3.61. The summed E-state index contributed by atoms with van der Waals surface area (Å²) in [6, 6.07) is 6.01. The lowest BCUT2D eigenvalue weighted by atomic mass is 9.73. The van der Waals surface area contributed by atoms with E-state index in [1.807, 2.05) is 12.1 Å². The van der Waals surface area contributed by atoms with Crippen molar-refractivity contribution in [1.82, 2.24) is 0 Å². The van der Waals surface area contributed by atoms with E-state index in [2.05, 4.69) is 38.7 Å². The highest BCUT2D eigenvalue weighted by molar-refractivity contribution is 6.30. The Labute approximate surface area is 96.1 Å². The van der Waals surface area contributed by atoms with Crippen LogP contribution in [0.2, 0.25) is 5.02 Å². The molecule has 0 bridgehead atoms. The Hall–Kier alpha value is -0.950. The van der Waals surface area contributed by atoms with Gasteiger partial charge >= 0.3 is 0 Å². The molecule has 1 heterocycles. The summed E-state index contributed by atoms with van der Waals surface area (Å²) < 4.78 is 0. The number of hydrogen-bond acceptors (Lipinski definition) is 1. The van der Waals surface area contributed by atoms with Crippen LogP contribution in [0.5, 0.6) is 0 Å². The van der Waals surface area contributed by atoms with Gasteiger partial charge in [0.25, 0.3) is 0 Å². The third-order valence-corrected chi connectivity index (χ3v) is 3.84. The molecule has 1 aromatic carbocycles. The minimum atomic E-state index is 0.0138. The highest BCUT2D eigenvalue weighted by atomic mass is 35.5. The Morgan fingerprint density at radius 3 is 2.67 bits per heavy atom. The lowest BCUT2D eigenvalue weighted by molar-refractivity contribution is 0.412. The summed E-state index contributed by atoms with van der Waals surface area (Å²) in [6.45, 7) is 10.8. The van der Waals surface area contributed by atoms with Gasteiger partial charge in [-0.1, -0.05) is 38.1 Å². The van der Waals surface area contributed by atoms with Crippen molar-refractivity contribution >= 4 is 17.3 Å². The van der Waals surface area contributed by atoms with Crippen molar-refractivity contribution in [3.05, 3.63) is 41.1 Å². The van der Waals surface area contributed by atoms with E-state index in [-0.39, 0.29) is 5.41 Å². The molecular weight excluding hydrogens is 206 g/mol. The van der Waals surface area contributed by atoms with Crippen molar-refractivity contribution in [2.45, 2.75) is 26.2 Å². The number of benzene rings is 1. The lowest BCUT2D eigenvalue weighted by Crippen LogP contribution is -2.28. The van der Waals surface area contributed by atoms with Crippen molar-refractivity contribution in [3.8, 4) is 0 Å². The summed E-state index contributed by atoms with van der Waals surface area (Å²) in [6.07, 6.45) is 0. The van der Waals surface area contributed by atoms with Crippen LogP contribution in [0.1, 0.15) is 26.3 Å². The Bertz CT molecular complexity index is 423. The van der Waals surface area contributed by atoms with Gasteiger partial charge in [-0.3, -0.25) is 0 Å². The predicted octanol–water partition coefficient (Wildman–Crippen LogP) is 4.19. The normalized spacial score (nSPS) is 24.2. The Morgan fingerprint density at radius 2 is 2.07 bits per heavy atom. The average molecular weight is 222 g/mol. The first-order chi connectivity index (χ1) is 6.96. The summed E-state index contributed by atoms with van der Waals surface area (Å²) in [5, 5.41) is 4.10. The zero-order valence-corrected chi connectivity index (χ0v) is 10.2. The number of anilines is 1. The van der Waals surface area contributed by atoms with Gasteiger partial charge in [0.2, 0.25) is 0 Å². The molecule has 2 heteroatoms. The molecule has 0 aliphatic carbocycles. The molecule has 0 aromatic heterocycles. The fourth-order valence-corrected chi connectivity index (χ4v) is 2.36. The van der Waals surface area contributed by atoms with Crippen molar-refractivity contribution < 1.29 is 0 Å². The van der Waals surface area contributed by atoms with Gasteiger partial charge in [-0.15, -0.1) is 0 Å². The van der Waals surface area contributed by atoms with E-state index in [1.54, 1.807) is 0 Å². The summed E-state index contributed by atoms with van der Waals surface area (Å²) >= 11 is 5.97. The number of fused-ring (bicyclic) bond motifs is 1. The second-order valence-corrected chi connectivity index (χ2v) is 5.09. The molecule has 80 valence electrons. The summed E-state index contributed by atoms with van der Waals surface area (Å²) in [5.41, 5.74) is 3.48. The molecule has 0 spiro atoms. The summed E-state index contributed by atoms with van der Waals surface area (Å²) in [5.74, 6) is 0.514. The first-order valence-corrected chi connectivity index (χ1v) is 5.60. The molecule has 15 heavy (non-hydrogen) atoms. The van der Waals surface area contributed by atoms with E-state index in [0.717, 1.165) is 16.4 Å². The van der Waals surface area contributed by atoms with Gasteiger partial charge in [0, 0.05) is 21.8 Å².